The molecule has 0 unspecified atom stereocenters. The van der Waals surface area contributed by atoms with Crippen molar-refractivity contribution < 1.29 is 4.74 Å². The minimum atomic E-state index is 0.430. The van der Waals surface area contributed by atoms with Gasteiger partial charge in [-0.15, -0.1) is 0 Å². The zero-order chi connectivity index (χ0) is 21.6. The third-order valence-corrected chi connectivity index (χ3v) is 5.76. The van der Waals surface area contributed by atoms with E-state index in [2.05, 4.69) is 59.9 Å². The Bertz CT molecular complexity index is 1200. The number of aryl methyl sites for hydroxylation is 1. The summed E-state index contributed by atoms with van der Waals surface area (Å²) in [7, 11) is 0. The highest BCUT2D eigenvalue weighted by Gasteiger charge is 2.08. The Morgan fingerprint density at radius 3 is 2.39 bits per heavy atom. The summed E-state index contributed by atoms with van der Waals surface area (Å²) in [6.07, 6.45) is 1.79. The molecular formula is C26H22Cl2N2O. The number of fused-ring (bicyclic) bond motifs is 1. The molecule has 4 rings (SSSR count). The summed E-state index contributed by atoms with van der Waals surface area (Å²) in [6, 6.07) is 26.0. The summed E-state index contributed by atoms with van der Waals surface area (Å²) < 4.78 is 6.16. The first kappa shape index (κ1) is 21.2. The Morgan fingerprint density at radius 1 is 0.871 bits per heavy atom. The fourth-order valence-electron chi connectivity index (χ4n) is 3.32. The standard InChI is InChI=1S/C26H22Cl2N2O/c1-18-9-11-19(12-10-18)17-31-26-14-13-20-5-2-3-6-21(20)22(26)15-29-30-16-23-24(27)7-4-8-25(23)28/h2-15,30H,16-17H2,1H3/b29-15+. The lowest BCUT2D eigenvalue weighted by atomic mass is 10.0. The van der Waals surface area contributed by atoms with Crippen LogP contribution in [0.2, 0.25) is 10.0 Å². The second-order valence-corrected chi connectivity index (χ2v) is 8.08. The molecule has 0 aliphatic carbocycles. The zero-order valence-electron chi connectivity index (χ0n) is 17.1. The van der Waals surface area contributed by atoms with Crippen LogP contribution in [0.5, 0.6) is 5.75 Å². The van der Waals surface area contributed by atoms with Gasteiger partial charge in [0.05, 0.1) is 12.8 Å². The van der Waals surface area contributed by atoms with Crippen LogP contribution in [0.4, 0.5) is 0 Å². The predicted octanol–water partition coefficient (Wildman–Crippen LogP) is 7.16. The third kappa shape index (κ3) is 5.19. The molecule has 31 heavy (non-hydrogen) atoms. The SMILES string of the molecule is Cc1ccc(COc2ccc3ccccc3c2/C=N/NCc2c(Cl)cccc2Cl)cc1. The average molecular weight is 449 g/mol. The minimum Gasteiger partial charge on any atom is -0.488 e. The maximum Gasteiger partial charge on any atom is 0.129 e. The van der Waals surface area contributed by atoms with Crippen molar-refractivity contribution in [2.24, 2.45) is 5.10 Å². The normalized spacial score (nSPS) is 11.2. The first-order chi connectivity index (χ1) is 15.1. The number of halogens is 2. The molecule has 0 radical (unpaired) electrons. The molecule has 5 heteroatoms. The van der Waals surface area contributed by atoms with Gasteiger partial charge in [0.25, 0.3) is 0 Å². The number of nitrogens with zero attached hydrogens (tertiary/aromatic N) is 1. The van der Waals surface area contributed by atoms with E-state index in [1.54, 1.807) is 6.21 Å². The van der Waals surface area contributed by atoms with Crippen molar-refractivity contribution in [3.8, 4) is 5.75 Å². The number of hydrogen-bond donors (Lipinski definition) is 1. The van der Waals surface area contributed by atoms with E-state index in [4.69, 9.17) is 27.9 Å². The monoisotopic (exact) mass is 448 g/mol. The Morgan fingerprint density at radius 2 is 1.61 bits per heavy atom. The third-order valence-electron chi connectivity index (χ3n) is 5.05. The van der Waals surface area contributed by atoms with Crippen LogP contribution in [0.1, 0.15) is 22.3 Å². The van der Waals surface area contributed by atoms with Crippen LogP contribution in [0.25, 0.3) is 10.8 Å². The molecular weight excluding hydrogens is 427 g/mol. The lowest BCUT2D eigenvalue weighted by Crippen LogP contribution is -2.07. The van der Waals surface area contributed by atoms with Gasteiger partial charge in [0.1, 0.15) is 12.4 Å². The number of rotatable bonds is 7. The van der Waals surface area contributed by atoms with Gasteiger partial charge >= 0.3 is 0 Å². The van der Waals surface area contributed by atoms with Gasteiger partial charge in [-0.05, 0) is 41.5 Å². The molecule has 0 saturated carbocycles. The molecule has 0 bridgehead atoms. The Labute approximate surface area is 192 Å². The molecule has 0 aliphatic heterocycles. The van der Waals surface area contributed by atoms with Gasteiger partial charge in [0.2, 0.25) is 0 Å². The van der Waals surface area contributed by atoms with E-state index in [0.717, 1.165) is 33.2 Å². The Hall–Kier alpha value is -3.01. The lowest BCUT2D eigenvalue weighted by Gasteiger charge is -2.12. The first-order valence-corrected chi connectivity index (χ1v) is 10.8. The van der Waals surface area contributed by atoms with Crippen molar-refractivity contribution in [3.05, 3.63) is 111 Å². The number of ether oxygens (including phenoxy) is 1. The molecule has 0 fully saturated rings. The predicted molar refractivity (Wildman–Crippen MR) is 130 cm³/mol. The van der Waals surface area contributed by atoms with Crippen LogP contribution in [-0.2, 0) is 13.2 Å². The van der Waals surface area contributed by atoms with Gasteiger partial charge in [-0.1, -0.05) is 89.4 Å². The molecule has 0 atom stereocenters. The van der Waals surface area contributed by atoms with E-state index in [-0.39, 0.29) is 0 Å². The highest BCUT2D eigenvalue weighted by Crippen LogP contribution is 2.28. The maximum absolute atomic E-state index is 6.24. The van der Waals surface area contributed by atoms with E-state index in [9.17, 15) is 0 Å². The fraction of sp³-hybridized carbons (Fsp3) is 0.115. The number of benzene rings is 4. The van der Waals surface area contributed by atoms with Crippen LogP contribution < -0.4 is 10.2 Å². The van der Waals surface area contributed by atoms with Gasteiger partial charge in [-0.2, -0.15) is 5.10 Å². The largest absolute Gasteiger partial charge is 0.488 e. The van der Waals surface area contributed by atoms with Gasteiger partial charge < -0.3 is 10.2 Å². The first-order valence-electron chi connectivity index (χ1n) is 10.0. The smallest absolute Gasteiger partial charge is 0.129 e. The van der Waals surface area contributed by atoms with Gasteiger partial charge in [0.15, 0.2) is 0 Å². The molecule has 0 heterocycles. The Balaban J connectivity index is 1.56. The number of hydrazone groups is 1. The van der Waals surface area contributed by atoms with Crippen LogP contribution in [0.15, 0.2) is 84.0 Å². The molecule has 156 valence electrons. The van der Waals surface area contributed by atoms with Crippen molar-refractivity contribution in [2.45, 2.75) is 20.1 Å². The summed E-state index contributed by atoms with van der Waals surface area (Å²) in [5, 5.41) is 7.85. The van der Waals surface area contributed by atoms with E-state index in [1.807, 2.05) is 36.4 Å². The topological polar surface area (TPSA) is 33.6 Å². The molecule has 4 aromatic rings. The minimum absolute atomic E-state index is 0.430. The zero-order valence-corrected chi connectivity index (χ0v) is 18.6. The molecule has 0 aliphatic rings. The summed E-state index contributed by atoms with van der Waals surface area (Å²) in [5.41, 5.74) is 7.13. The number of hydrogen-bond acceptors (Lipinski definition) is 3. The van der Waals surface area contributed by atoms with E-state index in [1.165, 1.54) is 5.56 Å². The van der Waals surface area contributed by atoms with E-state index >= 15 is 0 Å². The summed E-state index contributed by atoms with van der Waals surface area (Å²) in [5.74, 6) is 0.778. The van der Waals surface area contributed by atoms with Gasteiger partial charge in [0, 0.05) is 21.2 Å². The van der Waals surface area contributed by atoms with Crippen LogP contribution in [0.3, 0.4) is 0 Å². The van der Waals surface area contributed by atoms with E-state index in [0.29, 0.717) is 23.2 Å². The second kappa shape index (κ2) is 9.86. The van der Waals surface area contributed by atoms with Gasteiger partial charge in [-0.3, -0.25) is 0 Å². The number of nitrogens with one attached hydrogen (secondary N) is 1. The molecule has 1 N–H and O–H groups in total. The molecule has 0 amide bonds. The average Bonchev–Trinajstić information content (AvgIpc) is 2.78. The fourth-order valence-corrected chi connectivity index (χ4v) is 3.85. The molecule has 0 spiro atoms. The molecule has 3 nitrogen and oxygen atoms in total. The Kier molecular flexibility index (Phi) is 6.76. The highest BCUT2D eigenvalue weighted by atomic mass is 35.5. The van der Waals surface area contributed by atoms with Crippen molar-refractivity contribution >= 4 is 40.2 Å². The highest BCUT2D eigenvalue weighted by molar-refractivity contribution is 6.35. The maximum atomic E-state index is 6.24. The molecule has 4 aromatic carbocycles. The van der Waals surface area contributed by atoms with Crippen LogP contribution >= 0.6 is 23.2 Å². The van der Waals surface area contributed by atoms with Crippen molar-refractivity contribution in [3.63, 3.8) is 0 Å². The lowest BCUT2D eigenvalue weighted by molar-refractivity contribution is 0.306. The van der Waals surface area contributed by atoms with Crippen LogP contribution in [-0.4, -0.2) is 6.21 Å². The second-order valence-electron chi connectivity index (χ2n) is 7.27. The summed E-state index contributed by atoms with van der Waals surface area (Å²) >= 11 is 12.5. The molecule has 0 saturated heterocycles. The van der Waals surface area contributed by atoms with Crippen molar-refractivity contribution in [2.75, 3.05) is 0 Å². The van der Waals surface area contributed by atoms with E-state index < -0.39 is 0 Å². The van der Waals surface area contributed by atoms with Crippen molar-refractivity contribution in [1.82, 2.24) is 5.43 Å². The quantitative estimate of drug-likeness (QED) is 0.240. The molecule has 0 aromatic heterocycles. The summed E-state index contributed by atoms with van der Waals surface area (Å²) in [4.78, 5) is 0. The van der Waals surface area contributed by atoms with Crippen molar-refractivity contribution in [1.29, 1.82) is 0 Å². The van der Waals surface area contributed by atoms with Crippen LogP contribution in [0, 0.1) is 6.92 Å². The summed E-state index contributed by atoms with van der Waals surface area (Å²) in [6.45, 7) is 2.99. The van der Waals surface area contributed by atoms with Gasteiger partial charge in [-0.25, -0.2) is 0 Å².